The van der Waals surface area contributed by atoms with Gasteiger partial charge in [0, 0.05) is 18.0 Å². The molecule has 160 valence electrons. The van der Waals surface area contributed by atoms with E-state index in [1.807, 2.05) is 0 Å². The number of fused-ring (bicyclic) bond motifs is 2. The van der Waals surface area contributed by atoms with Gasteiger partial charge in [-0.05, 0) is 50.7 Å². The molecule has 1 aromatic heterocycles. The van der Waals surface area contributed by atoms with Crippen molar-refractivity contribution in [2.24, 2.45) is 0 Å². The molecule has 1 saturated carbocycles. The van der Waals surface area contributed by atoms with E-state index in [9.17, 15) is 13.6 Å². The lowest BCUT2D eigenvalue weighted by atomic mass is 10.0. The third kappa shape index (κ3) is 3.78. The molecule has 2 bridgehead atoms. The molecule has 5 rings (SSSR count). The number of nitrogens with one attached hydrogen (secondary N) is 1. The van der Waals surface area contributed by atoms with Gasteiger partial charge in [-0.15, -0.1) is 0 Å². The maximum atomic E-state index is 13.2. The Labute approximate surface area is 176 Å². The smallest absolute Gasteiger partial charge is 0.387 e. The molecule has 1 N–H and O–H groups in total. The van der Waals surface area contributed by atoms with Gasteiger partial charge < -0.3 is 19.3 Å². The van der Waals surface area contributed by atoms with Gasteiger partial charge in [-0.25, -0.2) is 4.79 Å². The number of carbonyl (C=O) groups excluding carboxylic acids is 1. The first-order chi connectivity index (χ1) is 14.5. The van der Waals surface area contributed by atoms with Crippen molar-refractivity contribution in [3.8, 4) is 17.0 Å². The molecular formula is C21H21ClF2N2O4. The van der Waals surface area contributed by atoms with Gasteiger partial charge in [0.25, 0.3) is 0 Å². The molecule has 3 heterocycles. The molecule has 0 unspecified atom stereocenters. The highest BCUT2D eigenvalue weighted by atomic mass is 35.5. The molecule has 3 fully saturated rings. The Hall–Kier alpha value is -2.19. The Kier molecular flexibility index (Phi) is 5.14. The second kappa shape index (κ2) is 7.81. The predicted molar refractivity (Wildman–Crippen MR) is 104 cm³/mol. The first-order valence-corrected chi connectivity index (χ1v) is 10.6. The first kappa shape index (κ1) is 19.8. The van der Waals surface area contributed by atoms with Crippen LogP contribution in [-0.2, 0) is 4.74 Å². The van der Waals surface area contributed by atoms with Crippen LogP contribution in [0.25, 0.3) is 11.3 Å². The predicted octanol–water partition coefficient (Wildman–Crippen LogP) is 4.91. The number of nitrogens with zero attached hydrogens (tertiary/aromatic N) is 1. The van der Waals surface area contributed by atoms with Gasteiger partial charge in [0.05, 0.1) is 10.6 Å². The average molecular weight is 439 g/mol. The zero-order valence-corrected chi connectivity index (χ0v) is 16.8. The van der Waals surface area contributed by atoms with Gasteiger partial charge in [-0.3, -0.25) is 0 Å². The van der Waals surface area contributed by atoms with Crippen molar-refractivity contribution in [3.63, 3.8) is 0 Å². The number of ether oxygens (including phenoxy) is 2. The lowest BCUT2D eigenvalue weighted by Gasteiger charge is -2.28. The topological polar surface area (TPSA) is 73.6 Å². The summed E-state index contributed by atoms with van der Waals surface area (Å²) in [6, 6.07) is 5.11. The Balaban J connectivity index is 1.50. The molecule has 1 aromatic carbocycles. The van der Waals surface area contributed by atoms with Crippen molar-refractivity contribution >= 4 is 17.6 Å². The number of rotatable bonds is 6. The van der Waals surface area contributed by atoms with Crippen molar-refractivity contribution in [1.82, 2.24) is 10.5 Å². The summed E-state index contributed by atoms with van der Waals surface area (Å²) < 4.78 is 41.8. The van der Waals surface area contributed by atoms with Crippen LogP contribution in [0, 0.1) is 0 Å². The summed E-state index contributed by atoms with van der Waals surface area (Å²) in [4.78, 5) is 13.2. The molecule has 6 nitrogen and oxygen atoms in total. The van der Waals surface area contributed by atoms with Gasteiger partial charge in [0.2, 0.25) is 0 Å². The molecule has 9 heteroatoms. The lowest BCUT2D eigenvalue weighted by Crippen LogP contribution is -2.42. The third-order valence-electron chi connectivity index (χ3n) is 6.00. The fourth-order valence-corrected chi connectivity index (χ4v) is 4.79. The maximum absolute atomic E-state index is 13.2. The van der Waals surface area contributed by atoms with Crippen LogP contribution in [0.2, 0.25) is 5.02 Å². The van der Waals surface area contributed by atoms with Crippen molar-refractivity contribution in [1.29, 1.82) is 0 Å². The minimum Gasteiger partial charge on any atom is -0.459 e. The van der Waals surface area contributed by atoms with Gasteiger partial charge in [-0.1, -0.05) is 22.8 Å². The highest BCUT2D eigenvalue weighted by molar-refractivity contribution is 6.33. The van der Waals surface area contributed by atoms with E-state index in [2.05, 4.69) is 15.2 Å². The quantitative estimate of drug-likeness (QED) is 0.646. The lowest BCUT2D eigenvalue weighted by molar-refractivity contribution is -0.0494. The van der Waals surface area contributed by atoms with E-state index < -0.39 is 12.6 Å². The summed E-state index contributed by atoms with van der Waals surface area (Å²) in [5.74, 6) is -0.223. The Bertz CT molecular complexity index is 950. The number of piperidine rings is 1. The summed E-state index contributed by atoms with van der Waals surface area (Å²) in [6.45, 7) is -3.04. The minimum atomic E-state index is -3.04. The number of esters is 1. The highest BCUT2D eigenvalue weighted by Crippen LogP contribution is 2.47. The van der Waals surface area contributed by atoms with Gasteiger partial charge in [-0.2, -0.15) is 8.78 Å². The van der Waals surface area contributed by atoms with E-state index in [1.165, 1.54) is 18.2 Å². The van der Waals surface area contributed by atoms with Crippen molar-refractivity contribution in [3.05, 3.63) is 34.5 Å². The molecule has 1 aliphatic carbocycles. The standard InChI is InChI=1S/C21H21ClF2N2O4/c22-14-2-1-3-15(29-21(23)24)16(14)18-17(19(30-26-18)10-4-5-10)20(27)28-13-8-11-6-7-12(9-13)25-11/h1-3,10-13,21,25H,4-9H2/t11-,12+,13-. The molecule has 0 spiro atoms. The Morgan fingerprint density at radius 2 is 1.93 bits per heavy atom. The van der Waals surface area contributed by atoms with Gasteiger partial charge in [0.1, 0.15) is 23.1 Å². The van der Waals surface area contributed by atoms with E-state index in [1.54, 1.807) is 0 Å². The second-order valence-corrected chi connectivity index (χ2v) is 8.58. The number of benzene rings is 1. The average Bonchev–Trinajstić information content (AvgIpc) is 3.35. The molecule has 3 aliphatic rings. The number of hydrogen-bond donors (Lipinski definition) is 1. The van der Waals surface area contributed by atoms with E-state index in [0.29, 0.717) is 17.8 Å². The summed E-state index contributed by atoms with van der Waals surface area (Å²) in [5, 5.41) is 7.68. The first-order valence-electron chi connectivity index (χ1n) is 10.2. The normalized spacial score (nSPS) is 25.5. The number of carbonyl (C=O) groups is 1. The molecule has 2 saturated heterocycles. The van der Waals surface area contributed by atoms with E-state index in [-0.39, 0.29) is 39.6 Å². The number of alkyl halides is 2. The maximum Gasteiger partial charge on any atom is 0.387 e. The zero-order chi connectivity index (χ0) is 20.8. The van der Waals surface area contributed by atoms with Crippen molar-refractivity contribution in [2.45, 2.75) is 69.2 Å². The molecule has 2 aliphatic heterocycles. The summed E-state index contributed by atoms with van der Waals surface area (Å²) in [5.41, 5.74) is 0.350. The Morgan fingerprint density at radius 1 is 1.20 bits per heavy atom. The molecule has 0 amide bonds. The van der Waals surface area contributed by atoms with Crippen molar-refractivity contribution in [2.75, 3.05) is 0 Å². The summed E-state index contributed by atoms with van der Waals surface area (Å²) >= 11 is 6.30. The molecule has 30 heavy (non-hydrogen) atoms. The van der Waals surface area contributed by atoms with Crippen LogP contribution < -0.4 is 10.1 Å². The van der Waals surface area contributed by atoms with Gasteiger partial charge in [0.15, 0.2) is 5.76 Å². The van der Waals surface area contributed by atoms with Crippen LogP contribution in [0.3, 0.4) is 0 Å². The van der Waals surface area contributed by atoms with Crippen LogP contribution in [0.15, 0.2) is 22.7 Å². The molecule has 2 aromatic rings. The number of aromatic nitrogens is 1. The minimum absolute atomic E-state index is 0.0694. The zero-order valence-electron chi connectivity index (χ0n) is 16.1. The largest absolute Gasteiger partial charge is 0.459 e. The number of halogens is 3. The van der Waals surface area contributed by atoms with E-state index in [0.717, 1.165) is 38.5 Å². The summed E-state index contributed by atoms with van der Waals surface area (Å²) in [6.07, 6.45) is 5.22. The highest BCUT2D eigenvalue weighted by Gasteiger charge is 2.40. The molecule has 3 atom stereocenters. The van der Waals surface area contributed by atoms with Gasteiger partial charge >= 0.3 is 12.6 Å². The fourth-order valence-electron chi connectivity index (χ4n) is 4.53. The monoisotopic (exact) mass is 438 g/mol. The molecular weight excluding hydrogens is 418 g/mol. The van der Waals surface area contributed by atoms with Crippen LogP contribution >= 0.6 is 11.6 Å². The molecule has 0 radical (unpaired) electrons. The Morgan fingerprint density at radius 3 is 2.60 bits per heavy atom. The fraction of sp³-hybridized carbons (Fsp3) is 0.524. The van der Waals surface area contributed by atoms with Crippen LogP contribution in [-0.4, -0.2) is 35.9 Å². The van der Waals surface area contributed by atoms with Crippen LogP contribution in [0.1, 0.15) is 60.6 Å². The second-order valence-electron chi connectivity index (χ2n) is 8.17. The van der Waals surface area contributed by atoms with Crippen LogP contribution in [0.5, 0.6) is 5.75 Å². The SMILES string of the molecule is O=C(O[C@@H]1C[C@H]2CC[C@@H](C1)N2)c1c(-c2c(Cl)cccc2OC(F)F)noc1C1CC1. The van der Waals surface area contributed by atoms with Crippen molar-refractivity contribution < 1.29 is 27.6 Å². The van der Waals surface area contributed by atoms with Crippen LogP contribution in [0.4, 0.5) is 8.78 Å². The summed E-state index contributed by atoms with van der Waals surface area (Å²) in [7, 11) is 0. The van der Waals surface area contributed by atoms with E-state index in [4.69, 9.17) is 20.9 Å². The van der Waals surface area contributed by atoms with E-state index >= 15 is 0 Å². The number of hydrogen-bond acceptors (Lipinski definition) is 6. The third-order valence-corrected chi connectivity index (χ3v) is 6.32.